The molecule has 0 heterocycles. The van der Waals surface area contributed by atoms with Crippen LogP contribution < -0.4 is 0 Å². The zero-order valence-corrected chi connectivity index (χ0v) is 13.4. The van der Waals surface area contributed by atoms with Crippen LogP contribution in [0.4, 0.5) is 0 Å². The first kappa shape index (κ1) is 17.7. The first-order valence-corrected chi connectivity index (χ1v) is 7.77. The molecule has 0 fully saturated rings. The van der Waals surface area contributed by atoms with Crippen LogP contribution in [0.1, 0.15) is 49.7 Å². The van der Waals surface area contributed by atoms with Crippen molar-refractivity contribution in [3.05, 3.63) is 46.0 Å². The summed E-state index contributed by atoms with van der Waals surface area (Å²) >= 11 is 0. The summed E-state index contributed by atoms with van der Waals surface area (Å²) in [6.07, 6.45) is 0.00819. The standard InChI is InChI=1S/C18H16O8/c19-2-1-7(6-20)13-12(23)5-10-15(17(13)25)18(26)14-9(16(10)24)3-8(21)4-11(14)22/h3-5,7,19-23,25H,1-2,6H2/t7-/m0/s1. The number of carbonyl (C=O) groups excluding carboxylic acids is 2. The summed E-state index contributed by atoms with van der Waals surface area (Å²) in [6.45, 7) is -0.852. The number of phenols is 4. The molecular formula is C18H16O8. The number of carbonyl (C=O) groups is 2. The maximum atomic E-state index is 12.8. The number of aliphatic hydroxyl groups excluding tert-OH is 2. The number of hydrogen-bond acceptors (Lipinski definition) is 8. The van der Waals surface area contributed by atoms with E-state index in [9.17, 15) is 35.1 Å². The van der Waals surface area contributed by atoms with Crippen molar-refractivity contribution in [2.24, 2.45) is 0 Å². The van der Waals surface area contributed by atoms with Crippen molar-refractivity contribution in [2.45, 2.75) is 12.3 Å². The second-order valence-corrected chi connectivity index (χ2v) is 6.02. The molecule has 0 unspecified atom stereocenters. The average molecular weight is 360 g/mol. The Morgan fingerprint density at radius 1 is 0.808 bits per heavy atom. The van der Waals surface area contributed by atoms with Crippen molar-refractivity contribution in [2.75, 3.05) is 13.2 Å². The summed E-state index contributed by atoms with van der Waals surface area (Å²) in [6, 6.07) is 2.91. The predicted molar refractivity (Wildman–Crippen MR) is 87.9 cm³/mol. The third kappa shape index (κ3) is 2.47. The molecule has 8 nitrogen and oxygen atoms in total. The molecule has 2 aromatic rings. The van der Waals surface area contributed by atoms with Crippen LogP contribution >= 0.6 is 0 Å². The van der Waals surface area contributed by atoms with Crippen LogP contribution in [0.2, 0.25) is 0 Å². The molecule has 136 valence electrons. The first-order valence-electron chi connectivity index (χ1n) is 7.77. The molecule has 1 aliphatic rings. The van der Waals surface area contributed by atoms with Crippen LogP contribution in [0.3, 0.4) is 0 Å². The molecule has 0 saturated carbocycles. The van der Waals surface area contributed by atoms with Gasteiger partial charge in [0.15, 0.2) is 5.78 Å². The zero-order valence-electron chi connectivity index (χ0n) is 13.4. The maximum absolute atomic E-state index is 12.8. The molecule has 3 rings (SSSR count). The highest BCUT2D eigenvalue weighted by molar-refractivity contribution is 6.30. The summed E-state index contributed by atoms with van der Waals surface area (Å²) in [5.41, 5.74) is -1.47. The van der Waals surface area contributed by atoms with Crippen LogP contribution in [-0.2, 0) is 0 Å². The minimum Gasteiger partial charge on any atom is -0.508 e. The van der Waals surface area contributed by atoms with Crippen LogP contribution in [0.5, 0.6) is 23.0 Å². The fourth-order valence-electron chi connectivity index (χ4n) is 3.26. The van der Waals surface area contributed by atoms with Crippen molar-refractivity contribution >= 4 is 11.6 Å². The van der Waals surface area contributed by atoms with E-state index in [0.717, 1.165) is 18.2 Å². The quantitative estimate of drug-likeness (QED) is 0.398. The summed E-state index contributed by atoms with van der Waals surface area (Å²) in [7, 11) is 0. The molecule has 8 heteroatoms. The van der Waals surface area contributed by atoms with Gasteiger partial charge in [0.05, 0.1) is 17.7 Å². The van der Waals surface area contributed by atoms with Gasteiger partial charge in [-0.1, -0.05) is 0 Å². The van der Waals surface area contributed by atoms with E-state index in [0.29, 0.717) is 0 Å². The highest BCUT2D eigenvalue weighted by Crippen LogP contribution is 2.45. The maximum Gasteiger partial charge on any atom is 0.201 e. The number of aliphatic hydroxyl groups is 2. The number of fused-ring (bicyclic) bond motifs is 2. The lowest BCUT2D eigenvalue weighted by Gasteiger charge is -2.24. The number of phenolic OH excluding ortho intramolecular Hbond substituents is 4. The second-order valence-electron chi connectivity index (χ2n) is 6.02. The molecule has 0 aromatic heterocycles. The summed E-state index contributed by atoms with van der Waals surface area (Å²) < 4.78 is 0. The lowest BCUT2D eigenvalue weighted by molar-refractivity contribution is 0.0973. The molecule has 0 aliphatic heterocycles. The van der Waals surface area contributed by atoms with E-state index >= 15 is 0 Å². The fourth-order valence-corrected chi connectivity index (χ4v) is 3.26. The zero-order chi connectivity index (χ0) is 19.2. The Balaban J connectivity index is 2.29. The van der Waals surface area contributed by atoms with E-state index in [1.165, 1.54) is 0 Å². The number of benzene rings is 2. The fraction of sp³-hybridized carbons (Fsp3) is 0.222. The number of aromatic hydroxyl groups is 4. The van der Waals surface area contributed by atoms with Gasteiger partial charge in [-0.05, 0) is 18.6 Å². The average Bonchev–Trinajstić information content (AvgIpc) is 2.57. The van der Waals surface area contributed by atoms with Gasteiger partial charge in [0.1, 0.15) is 23.0 Å². The topological polar surface area (TPSA) is 156 Å². The molecule has 1 atom stereocenters. The first-order chi connectivity index (χ1) is 12.3. The Morgan fingerprint density at radius 3 is 2.08 bits per heavy atom. The Bertz CT molecular complexity index is 932. The molecular weight excluding hydrogens is 344 g/mol. The Labute approximate surface area is 147 Å². The van der Waals surface area contributed by atoms with E-state index in [1.807, 2.05) is 0 Å². The van der Waals surface area contributed by atoms with Gasteiger partial charge in [-0.15, -0.1) is 0 Å². The van der Waals surface area contributed by atoms with Gasteiger partial charge in [0.25, 0.3) is 0 Å². The molecule has 0 radical (unpaired) electrons. The van der Waals surface area contributed by atoms with E-state index in [4.69, 9.17) is 5.11 Å². The molecule has 0 spiro atoms. The predicted octanol–water partition coefficient (Wildman–Crippen LogP) is 0.743. The van der Waals surface area contributed by atoms with Gasteiger partial charge in [-0.2, -0.15) is 0 Å². The molecule has 26 heavy (non-hydrogen) atoms. The minimum absolute atomic E-state index is 0.00819. The normalized spacial score (nSPS) is 14.1. The molecule has 1 aliphatic carbocycles. The van der Waals surface area contributed by atoms with Crippen molar-refractivity contribution in [3.8, 4) is 23.0 Å². The van der Waals surface area contributed by atoms with Gasteiger partial charge in [-0.25, -0.2) is 0 Å². The summed E-state index contributed by atoms with van der Waals surface area (Å²) in [4.78, 5) is 25.4. The molecule has 0 saturated heterocycles. The smallest absolute Gasteiger partial charge is 0.201 e. The highest BCUT2D eigenvalue weighted by atomic mass is 16.3. The lowest BCUT2D eigenvalue weighted by atomic mass is 9.80. The van der Waals surface area contributed by atoms with Gasteiger partial charge in [0, 0.05) is 35.3 Å². The Morgan fingerprint density at radius 2 is 1.46 bits per heavy atom. The van der Waals surface area contributed by atoms with E-state index in [2.05, 4.69) is 0 Å². The molecule has 0 amide bonds. The Hall–Kier alpha value is -3.10. The van der Waals surface area contributed by atoms with Gasteiger partial charge in [-0.3, -0.25) is 9.59 Å². The monoisotopic (exact) mass is 360 g/mol. The van der Waals surface area contributed by atoms with Crippen LogP contribution in [0, 0.1) is 0 Å². The van der Waals surface area contributed by atoms with Gasteiger partial charge in [0.2, 0.25) is 5.78 Å². The van der Waals surface area contributed by atoms with Crippen molar-refractivity contribution in [3.63, 3.8) is 0 Å². The van der Waals surface area contributed by atoms with E-state index in [-0.39, 0.29) is 35.3 Å². The van der Waals surface area contributed by atoms with Crippen LogP contribution in [-0.4, -0.2) is 55.4 Å². The molecule has 2 aromatic carbocycles. The number of hydrogen-bond donors (Lipinski definition) is 6. The third-order valence-corrected chi connectivity index (χ3v) is 4.47. The highest BCUT2D eigenvalue weighted by Gasteiger charge is 2.37. The van der Waals surface area contributed by atoms with Gasteiger partial charge < -0.3 is 30.6 Å². The van der Waals surface area contributed by atoms with Crippen molar-refractivity contribution in [1.82, 2.24) is 0 Å². The van der Waals surface area contributed by atoms with Crippen molar-refractivity contribution < 1.29 is 40.2 Å². The summed E-state index contributed by atoms with van der Waals surface area (Å²) in [5, 5.41) is 58.8. The third-order valence-electron chi connectivity index (χ3n) is 4.47. The lowest BCUT2D eigenvalue weighted by Crippen LogP contribution is -2.22. The number of ketones is 2. The van der Waals surface area contributed by atoms with Crippen molar-refractivity contribution in [1.29, 1.82) is 0 Å². The number of rotatable bonds is 4. The minimum atomic E-state index is -0.858. The second kappa shape index (κ2) is 6.32. The van der Waals surface area contributed by atoms with Gasteiger partial charge >= 0.3 is 0 Å². The van der Waals surface area contributed by atoms with Crippen LogP contribution in [0.25, 0.3) is 0 Å². The largest absolute Gasteiger partial charge is 0.508 e. The van der Waals surface area contributed by atoms with E-state index in [1.54, 1.807) is 0 Å². The van der Waals surface area contributed by atoms with E-state index < -0.39 is 52.7 Å². The van der Waals surface area contributed by atoms with Crippen LogP contribution in [0.15, 0.2) is 18.2 Å². The molecule has 0 bridgehead atoms. The molecule has 6 N–H and O–H groups in total. The summed E-state index contributed by atoms with van der Waals surface area (Å²) in [5.74, 6) is -4.71. The SMILES string of the molecule is O=C1c2cc(O)cc(O)c2C(=O)c2c1cc(O)c([C@H](CO)CCO)c2O. The Kier molecular flexibility index (Phi) is 4.31.